The van der Waals surface area contributed by atoms with Crippen molar-refractivity contribution in [1.29, 1.82) is 0 Å². The largest absolute Gasteiger partial charge is 0.573 e. The third-order valence-electron chi connectivity index (χ3n) is 3.68. The van der Waals surface area contributed by atoms with Crippen molar-refractivity contribution in [2.75, 3.05) is 18.4 Å². The van der Waals surface area contributed by atoms with E-state index >= 15 is 0 Å². The standard InChI is InChI=1S/C17H23F3N2O3/c1-11-9-22(15(23)25-16(2,3)4)10-14(11)21-12-6-5-7-13(8-12)24-17(18,19)20/h5-8,11,14,21H,9-10H2,1-4H3/t11?,14-/m0/s1. The Kier molecular flexibility index (Phi) is 5.39. The summed E-state index contributed by atoms with van der Waals surface area (Å²) in [7, 11) is 0. The maximum Gasteiger partial charge on any atom is 0.573 e. The number of nitrogens with zero attached hydrogens (tertiary/aromatic N) is 1. The highest BCUT2D eigenvalue weighted by Gasteiger charge is 2.35. The normalized spacial score (nSPS) is 21.2. The highest BCUT2D eigenvalue weighted by molar-refractivity contribution is 5.69. The van der Waals surface area contributed by atoms with E-state index in [1.807, 2.05) is 6.92 Å². The lowest BCUT2D eigenvalue weighted by atomic mass is 10.1. The molecule has 0 saturated carbocycles. The number of hydrogen-bond donors (Lipinski definition) is 1. The maximum atomic E-state index is 12.3. The summed E-state index contributed by atoms with van der Waals surface area (Å²) in [6.45, 7) is 8.30. The average molecular weight is 360 g/mol. The number of amides is 1. The lowest BCUT2D eigenvalue weighted by Crippen LogP contribution is -2.36. The Hall–Kier alpha value is -2.12. The molecule has 1 saturated heterocycles. The monoisotopic (exact) mass is 360 g/mol. The molecule has 0 radical (unpaired) electrons. The highest BCUT2D eigenvalue weighted by Crippen LogP contribution is 2.27. The molecule has 25 heavy (non-hydrogen) atoms. The lowest BCUT2D eigenvalue weighted by molar-refractivity contribution is -0.274. The molecule has 0 aromatic heterocycles. The Bertz CT molecular complexity index is 614. The van der Waals surface area contributed by atoms with Crippen molar-refractivity contribution in [3.63, 3.8) is 0 Å². The second kappa shape index (κ2) is 7.01. The summed E-state index contributed by atoms with van der Waals surface area (Å²) in [6, 6.07) is 5.58. The van der Waals surface area contributed by atoms with Crippen molar-refractivity contribution in [2.24, 2.45) is 5.92 Å². The van der Waals surface area contributed by atoms with Crippen molar-refractivity contribution in [1.82, 2.24) is 4.90 Å². The molecule has 140 valence electrons. The third kappa shape index (κ3) is 6.03. The number of rotatable bonds is 3. The van der Waals surface area contributed by atoms with Gasteiger partial charge >= 0.3 is 12.5 Å². The summed E-state index contributed by atoms with van der Waals surface area (Å²) in [5.41, 5.74) is -0.0700. The van der Waals surface area contributed by atoms with E-state index in [0.717, 1.165) is 0 Å². The van der Waals surface area contributed by atoms with E-state index in [1.54, 1.807) is 31.7 Å². The zero-order valence-corrected chi connectivity index (χ0v) is 14.7. The van der Waals surface area contributed by atoms with Crippen molar-refractivity contribution in [2.45, 2.75) is 45.7 Å². The van der Waals surface area contributed by atoms with Crippen LogP contribution in [0.4, 0.5) is 23.7 Å². The highest BCUT2D eigenvalue weighted by atomic mass is 19.4. The van der Waals surface area contributed by atoms with Gasteiger partial charge in [0.1, 0.15) is 11.4 Å². The van der Waals surface area contributed by atoms with Crippen molar-refractivity contribution >= 4 is 11.8 Å². The zero-order valence-electron chi connectivity index (χ0n) is 14.7. The molecule has 1 fully saturated rings. The topological polar surface area (TPSA) is 50.8 Å². The number of carbonyl (C=O) groups is 1. The maximum absolute atomic E-state index is 12.3. The summed E-state index contributed by atoms with van der Waals surface area (Å²) in [6.07, 6.45) is -5.12. The molecule has 1 amide bonds. The third-order valence-corrected chi connectivity index (χ3v) is 3.68. The number of nitrogens with one attached hydrogen (secondary N) is 1. The van der Waals surface area contributed by atoms with Crippen LogP contribution in [0.15, 0.2) is 24.3 Å². The minimum atomic E-state index is -4.73. The number of benzene rings is 1. The van der Waals surface area contributed by atoms with Gasteiger partial charge in [-0.15, -0.1) is 13.2 Å². The predicted molar refractivity (Wildman–Crippen MR) is 87.5 cm³/mol. The molecule has 1 aromatic rings. The van der Waals surface area contributed by atoms with Crippen LogP contribution in [-0.2, 0) is 4.74 Å². The molecule has 8 heteroatoms. The van der Waals surface area contributed by atoms with Crippen molar-refractivity contribution in [3.8, 4) is 5.75 Å². The molecule has 0 spiro atoms. The average Bonchev–Trinajstić information content (AvgIpc) is 2.77. The predicted octanol–water partition coefficient (Wildman–Crippen LogP) is 4.25. The number of halogens is 3. The fourth-order valence-corrected chi connectivity index (χ4v) is 2.63. The number of carbonyl (C=O) groups excluding carboxylic acids is 1. The molecule has 2 atom stereocenters. The summed E-state index contributed by atoms with van der Waals surface area (Å²) in [5, 5.41) is 3.17. The number of anilines is 1. The Labute approximate surface area is 145 Å². The SMILES string of the molecule is CC1CN(C(=O)OC(C)(C)C)C[C@@H]1Nc1cccc(OC(F)(F)F)c1. The summed E-state index contributed by atoms with van der Waals surface area (Å²) in [5.74, 6) is -0.160. The first-order valence-electron chi connectivity index (χ1n) is 8.03. The number of likely N-dealkylation sites (tertiary alicyclic amines) is 1. The molecule has 2 rings (SSSR count). The van der Waals surface area contributed by atoms with Gasteiger partial charge in [-0.25, -0.2) is 4.79 Å². The van der Waals surface area contributed by atoms with Gasteiger partial charge in [0, 0.05) is 30.9 Å². The van der Waals surface area contributed by atoms with Gasteiger partial charge in [0.05, 0.1) is 0 Å². The van der Waals surface area contributed by atoms with Crippen LogP contribution in [0.25, 0.3) is 0 Å². The minimum absolute atomic E-state index is 0.0892. The summed E-state index contributed by atoms with van der Waals surface area (Å²) >= 11 is 0. The summed E-state index contributed by atoms with van der Waals surface area (Å²) < 4.78 is 46.2. The van der Waals surface area contributed by atoms with Crippen molar-refractivity contribution in [3.05, 3.63) is 24.3 Å². The Balaban J connectivity index is 1.99. The molecule has 1 unspecified atom stereocenters. The molecule has 0 bridgehead atoms. The van der Waals surface area contributed by atoms with Gasteiger partial charge in [0.2, 0.25) is 0 Å². The molecule has 1 heterocycles. The minimum Gasteiger partial charge on any atom is -0.444 e. The van der Waals surface area contributed by atoms with E-state index in [0.29, 0.717) is 18.8 Å². The number of ether oxygens (including phenoxy) is 2. The van der Waals surface area contributed by atoms with Gasteiger partial charge in [-0.3, -0.25) is 0 Å². The Morgan fingerprint density at radius 1 is 1.24 bits per heavy atom. The van der Waals surface area contributed by atoms with Crippen LogP contribution in [0.2, 0.25) is 0 Å². The second-order valence-corrected chi connectivity index (χ2v) is 7.19. The van der Waals surface area contributed by atoms with E-state index in [4.69, 9.17) is 4.74 Å². The van der Waals surface area contributed by atoms with Crippen LogP contribution >= 0.6 is 0 Å². The van der Waals surface area contributed by atoms with E-state index in [9.17, 15) is 18.0 Å². The van der Waals surface area contributed by atoms with Crippen molar-refractivity contribution < 1.29 is 27.4 Å². The van der Waals surface area contributed by atoms with E-state index in [1.165, 1.54) is 18.2 Å². The molecule has 5 nitrogen and oxygen atoms in total. The van der Waals surface area contributed by atoms with Gasteiger partial charge in [-0.1, -0.05) is 13.0 Å². The van der Waals surface area contributed by atoms with E-state index in [-0.39, 0.29) is 17.7 Å². The first-order valence-corrected chi connectivity index (χ1v) is 8.03. The van der Waals surface area contributed by atoms with Gasteiger partial charge in [0.25, 0.3) is 0 Å². The van der Waals surface area contributed by atoms with Gasteiger partial charge in [0.15, 0.2) is 0 Å². The van der Waals surface area contributed by atoms with Gasteiger partial charge in [-0.05, 0) is 38.8 Å². The molecule has 0 aliphatic carbocycles. The number of hydrogen-bond acceptors (Lipinski definition) is 4. The second-order valence-electron chi connectivity index (χ2n) is 7.19. The summed E-state index contributed by atoms with van der Waals surface area (Å²) in [4.78, 5) is 13.7. The fourth-order valence-electron chi connectivity index (χ4n) is 2.63. The molecule has 1 N–H and O–H groups in total. The first-order chi connectivity index (χ1) is 11.4. The van der Waals surface area contributed by atoms with Crippen LogP contribution in [-0.4, -0.2) is 42.1 Å². The van der Waals surface area contributed by atoms with E-state index < -0.39 is 18.1 Å². The fraction of sp³-hybridized carbons (Fsp3) is 0.588. The number of alkyl halides is 3. The van der Waals surface area contributed by atoms with Gasteiger partial charge in [-0.2, -0.15) is 0 Å². The van der Waals surface area contributed by atoms with E-state index in [2.05, 4.69) is 10.1 Å². The smallest absolute Gasteiger partial charge is 0.444 e. The van der Waals surface area contributed by atoms with Crippen LogP contribution in [0, 0.1) is 5.92 Å². The Morgan fingerprint density at radius 3 is 2.52 bits per heavy atom. The molecular weight excluding hydrogens is 337 g/mol. The van der Waals surface area contributed by atoms with Crippen LogP contribution < -0.4 is 10.1 Å². The van der Waals surface area contributed by atoms with Crippen LogP contribution in [0.3, 0.4) is 0 Å². The zero-order chi connectivity index (χ0) is 18.8. The lowest BCUT2D eigenvalue weighted by Gasteiger charge is -2.24. The van der Waals surface area contributed by atoms with Crippen LogP contribution in [0.5, 0.6) is 5.75 Å². The Morgan fingerprint density at radius 2 is 1.92 bits per heavy atom. The van der Waals surface area contributed by atoms with Crippen LogP contribution in [0.1, 0.15) is 27.7 Å². The first kappa shape index (κ1) is 19.2. The molecule has 1 aliphatic rings. The quantitative estimate of drug-likeness (QED) is 0.875. The van der Waals surface area contributed by atoms with Gasteiger partial charge < -0.3 is 19.7 Å². The molecule has 1 aliphatic heterocycles. The molecular formula is C17H23F3N2O3. The molecule has 1 aromatic carbocycles.